The molecule has 0 aromatic carbocycles. The summed E-state index contributed by atoms with van der Waals surface area (Å²) in [5.74, 6) is -2.61. The van der Waals surface area contributed by atoms with Crippen molar-refractivity contribution in [3.63, 3.8) is 0 Å². The zero-order valence-corrected chi connectivity index (χ0v) is 18.4. The number of carbonyl (C=O) groups excluding carboxylic acids is 4. The summed E-state index contributed by atoms with van der Waals surface area (Å²) in [6.07, 6.45) is 6.57. The number of carbonyl (C=O) groups is 4. The Morgan fingerprint density at radius 3 is 1.97 bits per heavy atom. The number of amides is 3. The van der Waals surface area contributed by atoms with E-state index in [-0.39, 0.29) is 31.4 Å². The predicted molar refractivity (Wildman–Crippen MR) is 115 cm³/mol. The predicted octanol–water partition coefficient (Wildman–Crippen LogP) is 0.833. The fourth-order valence-electron chi connectivity index (χ4n) is 4.62. The lowest BCUT2D eigenvalue weighted by molar-refractivity contribution is -0.151. The zero-order valence-electron chi connectivity index (χ0n) is 18.4. The van der Waals surface area contributed by atoms with Gasteiger partial charge in [0.1, 0.15) is 0 Å². The lowest BCUT2D eigenvalue weighted by atomic mass is 9.94. The molecule has 2 aliphatic heterocycles. The van der Waals surface area contributed by atoms with Crippen molar-refractivity contribution in [1.29, 1.82) is 0 Å². The molecule has 2 saturated heterocycles. The summed E-state index contributed by atoms with van der Waals surface area (Å²) in [5, 5.41) is 2.60. The molecule has 0 aliphatic carbocycles. The Bertz CT molecular complexity index is 964. The van der Waals surface area contributed by atoms with E-state index in [1.165, 1.54) is 9.80 Å². The quantitative estimate of drug-likeness (QED) is 0.510. The Labute approximate surface area is 190 Å². The van der Waals surface area contributed by atoms with Crippen molar-refractivity contribution in [3.05, 3.63) is 60.2 Å². The lowest BCUT2D eigenvalue weighted by Gasteiger charge is -2.25. The highest BCUT2D eigenvalue weighted by atomic mass is 16.5. The van der Waals surface area contributed by atoms with Gasteiger partial charge in [-0.2, -0.15) is 0 Å². The first-order valence-electron chi connectivity index (χ1n) is 10.6. The number of hydrogen-bond acceptors (Lipinski definition) is 7. The minimum atomic E-state index is -0.703. The third kappa shape index (κ3) is 4.41. The van der Waals surface area contributed by atoms with Crippen LogP contribution in [-0.2, 0) is 23.9 Å². The van der Waals surface area contributed by atoms with Crippen molar-refractivity contribution in [1.82, 2.24) is 25.1 Å². The van der Waals surface area contributed by atoms with Crippen LogP contribution in [0, 0.1) is 11.8 Å². The van der Waals surface area contributed by atoms with Crippen LogP contribution in [0.4, 0.5) is 0 Å². The third-order valence-corrected chi connectivity index (χ3v) is 6.32. The van der Waals surface area contributed by atoms with Crippen LogP contribution in [0.3, 0.4) is 0 Å². The lowest BCUT2D eigenvalue weighted by Crippen LogP contribution is -2.37. The summed E-state index contributed by atoms with van der Waals surface area (Å²) in [5.41, 5.74) is 1.50. The van der Waals surface area contributed by atoms with Crippen molar-refractivity contribution in [2.45, 2.75) is 24.9 Å². The summed E-state index contributed by atoms with van der Waals surface area (Å²) in [4.78, 5) is 61.3. The van der Waals surface area contributed by atoms with E-state index in [0.29, 0.717) is 0 Å². The van der Waals surface area contributed by atoms with E-state index in [9.17, 15) is 19.2 Å². The maximum atomic E-state index is 12.8. The van der Waals surface area contributed by atoms with Crippen LogP contribution in [0.25, 0.3) is 0 Å². The molecule has 0 radical (unpaired) electrons. The van der Waals surface area contributed by atoms with Crippen LogP contribution < -0.4 is 5.32 Å². The van der Waals surface area contributed by atoms with Crippen LogP contribution in [-0.4, -0.2) is 64.3 Å². The summed E-state index contributed by atoms with van der Waals surface area (Å²) in [7, 11) is 3.29. The van der Waals surface area contributed by atoms with Gasteiger partial charge in [-0.05, 0) is 23.3 Å². The van der Waals surface area contributed by atoms with Crippen LogP contribution in [0.15, 0.2) is 49.1 Å². The molecule has 4 heterocycles. The van der Waals surface area contributed by atoms with E-state index < -0.39 is 35.8 Å². The average Bonchev–Trinajstić information content (AvgIpc) is 3.30. The number of nitrogens with zero attached hydrogens (tertiary/aromatic N) is 4. The third-order valence-electron chi connectivity index (χ3n) is 6.32. The van der Waals surface area contributed by atoms with Gasteiger partial charge < -0.3 is 19.9 Å². The van der Waals surface area contributed by atoms with Gasteiger partial charge in [0.25, 0.3) is 0 Å². The number of aromatic nitrogens is 2. The molecule has 2 aliphatic rings. The molecule has 0 spiro atoms. The number of nitrogens with one attached hydrogen (secondary N) is 1. The SMILES string of the molecule is CN1C(=O)CC(C(=O)NCOC(=O)C2CC(=O)N(C)C2c2cccnc2)C1c1cccnc1. The van der Waals surface area contributed by atoms with Gasteiger partial charge >= 0.3 is 5.97 Å². The van der Waals surface area contributed by atoms with Crippen molar-refractivity contribution in [3.8, 4) is 0 Å². The Hall–Kier alpha value is -3.82. The molecular formula is C23H25N5O5. The zero-order chi connectivity index (χ0) is 23.5. The molecule has 172 valence electrons. The topological polar surface area (TPSA) is 122 Å². The first-order valence-corrected chi connectivity index (χ1v) is 10.6. The van der Waals surface area contributed by atoms with Crippen LogP contribution in [0.5, 0.6) is 0 Å². The molecule has 4 rings (SSSR count). The first kappa shape index (κ1) is 22.4. The van der Waals surface area contributed by atoms with Gasteiger partial charge in [0.2, 0.25) is 17.7 Å². The maximum absolute atomic E-state index is 12.8. The fraction of sp³-hybridized carbons (Fsp3) is 0.391. The van der Waals surface area contributed by atoms with E-state index in [1.807, 2.05) is 6.07 Å². The van der Waals surface area contributed by atoms with Crippen LogP contribution in [0.2, 0.25) is 0 Å². The van der Waals surface area contributed by atoms with Crippen LogP contribution >= 0.6 is 0 Å². The normalized spacial score (nSPS) is 24.8. The molecule has 2 fully saturated rings. The highest BCUT2D eigenvalue weighted by molar-refractivity contribution is 5.90. The second kappa shape index (κ2) is 9.35. The van der Waals surface area contributed by atoms with E-state index in [2.05, 4.69) is 15.3 Å². The standard InChI is InChI=1S/C23H25N5O5/c1-27-18(29)9-16(20(27)14-5-3-7-24-11-14)22(31)26-13-33-23(32)17-10-19(30)28(2)21(17)15-6-4-8-25-12-15/h3-8,11-12,16-17,20-21H,9-10,13H2,1-2H3,(H,26,31). The van der Waals surface area contributed by atoms with Crippen molar-refractivity contribution in [2.75, 3.05) is 20.8 Å². The second-order valence-electron chi connectivity index (χ2n) is 8.24. The van der Waals surface area contributed by atoms with Gasteiger partial charge in [-0.1, -0.05) is 12.1 Å². The van der Waals surface area contributed by atoms with E-state index in [0.717, 1.165) is 11.1 Å². The second-order valence-corrected chi connectivity index (χ2v) is 8.24. The average molecular weight is 451 g/mol. The van der Waals surface area contributed by atoms with E-state index in [4.69, 9.17) is 4.74 Å². The largest absolute Gasteiger partial charge is 0.444 e. The minimum Gasteiger partial charge on any atom is -0.444 e. The smallest absolute Gasteiger partial charge is 0.313 e. The molecule has 4 unspecified atom stereocenters. The maximum Gasteiger partial charge on any atom is 0.313 e. The van der Waals surface area contributed by atoms with E-state index in [1.54, 1.807) is 57.1 Å². The van der Waals surface area contributed by atoms with Gasteiger partial charge in [-0.15, -0.1) is 0 Å². The molecule has 2 aromatic rings. The molecule has 1 N–H and O–H groups in total. The van der Waals surface area contributed by atoms with Crippen LogP contribution in [0.1, 0.15) is 36.1 Å². The molecule has 4 atom stereocenters. The number of pyridine rings is 2. The van der Waals surface area contributed by atoms with Crippen molar-refractivity contribution < 1.29 is 23.9 Å². The minimum absolute atomic E-state index is 0.0217. The summed E-state index contributed by atoms with van der Waals surface area (Å²) in [6.45, 7) is -0.347. The Kier molecular flexibility index (Phi) is 6.34. The van der Waals surface area contributed by atoms with Gasteiger partial charge in [-0.25, -0.2) is 0 Å². The van der Waals surface area contributed by atoms with E-state index >= 15 is 0 Å². The number of hydrogen-bond donors (Lipinski definition) is 1. The Morgan fingerprint density at radius 2 is 1.45 bits per heavy atom. The fourth-order valence-corrected chi connectivity index (χ4v) is 4.62. The molecular weight excluding hydrogens is 426 g/mol. The highest BCUT2D eigenvalue weighted by Crippen LogP contribution is 2.38. The molecule has 0 saturated carbocycles. The monoisotopic (exact) mass is 451 g/mol. The molecule has 10 heteroatoms. The summed E-state index contributed by atoms with van der Waals surface area (Å²) in [6, 6.07) is 6.19. The van der Waals surface area contributed by atoms with Crippen molar-refractivity contribution >= 4 is 23.7 Å². The summed E-state index contributed by atoms with van der Waals surface area (Å²) >= 11 is 0. The number of ether oxygens (including phenoxy) is 1. The molecule has 2 aromatic heterocycles. The van der Waals surface area contributed by atoms with Gasteiger partial charge in [0.05, 0.1) is 23.9 Å². The first-order chi connectivity index (χ1) is 15.9. The highest BCUT2D eigenvalue weighted by Gasteiger charge is 2.45. The molecule has 0 bridgehead atoms. The van der Waals surface area contributed by atoms with Gasteiger partial charge in [0.15, 0.2) is 6.73 Å². The van der Waals surface area contributed by atoms with Gasteiger partial charge in [-0.3, -0.25) is 29.1 Å². The summed E-state index contributed by atoms with van der Waals surface area (Å²) < 4.78 is 5.32. The Morgan fingerprint density at radius 1 is 0.939 bits per heavy atom. The van der Waals surface area contributed by atoms with Gasteiger partial charge in [0, 0.05) is 51.7 Å². The van der Waals surface area contributed by atoms with Crippen molar-refractivity contribution in [2.24, 2.45) is 11.8 Å². The number of rotatable bonds is 6. The Balaban J connectivity index is 1.38. The molecule has 33 heavy (non-hydrogen) atoms. The number of esters is 1. The number of likely N-dealkylation sites (tertiary alicyclic amines) is 2. The molecule has 3 amide bonds. The molecule has 10 nitrogen and oxygen atoms in total.